The monoisotopic (exact) mass is 616 g/mol. The quantitative estimate of drug-likeness (QED) is 0.171. The number of hydrogen-bond acceptors (Lipinski definition) is 8. The molecular formula is C32H35F3N2O5S. The first-order chi connectivity index (χ1) is 20.1. The van der Waals surface area contributed by atoms with Crippen LogP contribution in [0, 0.1) is 23.4 Å². The van der Waals surface area contributed by atoms with E-state index in [2.05, 4.69) is 9.97 Å². The lowest BCUT2D eigenvalue weighted by Gasteiger charge is -2.45. The Morgan fingerprint density at radius 2 is 1.84 bits per heavy atom. The molecule has 4 rings (SSSR count). The smallest absolute Gasteiger partial charge is 0.306 e. The van der Waals surface area contributed by atoms with Crippen LogP contribution >= 0.6 is 11.8 Å². The number of aliphatic hydroxyl groups is 1. The van der Waals surface area contributed by atoms with Crippen molar-refractivity contribution in [1.29, 1.82) is 0 Å². The standard InChI is InChI=1S/C32H35F3N2O5S/c1-17-32(5,40)19(15-27(39)42-31(2,3)4)14-25(41-17)20-11-12-36-16-18(20)13-24(38)23-9-7-22(34)30(37-23)28-21(33)8-10-26(43-6)29(28)35/h7-12,16-17,19,25,40H,13-15H2,1-6H3/t17-,19+,25-,32-/m1/s1. The summed E-state index contributed by atoms with van der Waals surface area (Å²) >= 11 is 1.03. The number of benzene rings is 1. The van der Waals surface area contributed by atoms with Gasteiger partial charge >= 0.3 is 5.97 Å². The molecule has 2 aromatic heterocycles. The van der Waals surface area contributed by atoms with Gasteiger partial charge in [-0.1, -0.05) is 0 Å². The Balaban J connectivity index is 1.61. The van der Waals surface area contributed by atoms with E-state index in [1.165, 1.54) is 18.3 Å². The maximum Gasteiger partial charge on any atom is 0.306 e. The Hall–Kier alpha value is -3.28. The van der Waals surface area contributed by atoms with Gasteiger partial charge in [0, 0.05) is 29.6 Å². The number of pyridine rings is 2. The lowest BCUT2D eigenvalue weighted by Crippen LogP contribution is -2.51. The molecule has 4 atom stereocenters. The van der Waals surface area contributed by atoms with Gasteiger partial charge in [0.2, 0.25) is 0 Å². The normalized spacial score (nSPS) is 22.3. The topological polar surface area (TPSA) is 98.6 Å². The minimum atomic E-state index is -1.32. The van der Waals surface area contributed by atoms with Gasteiger partial charge in [-0.15, -0.1) is 11.8 Å². The number of thioether (sulfide) groups is 1. The van der Waals surface area contributed by atoms with Gasteiger partial charge in [-0.05, 0) is 88.8 Å². The van der Waals surface area contributed by atoms with Crippen molar-refractivity contribution in [2.24, 2.45) is 5.92 Å². The molecule has 43 heavy (non-hydrogen) atoms. The molecular weight excluding hydrogens is 581 g/mol. The Bertz CT molecular complexity index is 1530. The molecule has 0 radical (unpaired) electrons. The highest BCUT2D eigenvalue weighted by Crippen LogP contribution is 2.43. The Kier molecular flexibility index (Phi) is 9.68. The number of rotatable bonds is 8. The van der Waals surface area contributed by atoms with E-state index in [4.69, 9.17) is 9.47 Å². The van der Waals surface area contributed by atoms with Gasteiger partial charge in [0.05, 0.1) is 29.8 Å². The lowest BCUT2D eigenvalue weighted by atomic mass is 9.75. The van der Waals surface area contributed by atoms with Gasteiger partial charge in [-0.3, -0.25) is 14.6 Å². The van der Waals surface area contributed by atoms with Crippen LogP contribution in [0.2, 0.25) is 0 Å². The van der Waals surface area contributed by atoms with Crippen LogP contribution in [0.4, 0.5) is 13.2 Å². The molecule has 0 aliphatic carbocycles. The van der Waals surface area contributed by atoms with Crippen molar-refractivity contribution in [3.63, 3.8) is 0 Å². The number of nitrogens with zero attached hydrogens (tertiary/aromatic N) is 2. The molecule has 1 aliphatic rings. The number of hydrogen-bond donors (Lipinski definition) is 1. The number of Topliss-reactive ketones (excluding diaryl/α,β-unsaturated/α-hetero) is 1. The summed E-state index contributed by atoms with van der Waals surface area (Å²) in [5.74, 6) is -4.40. The van der Waals surface area contributed by atoms with Gasteiger partial charge in [0.15, 0.2) is 5.78 Å². The predicted octanol–water partition coefficient (Wildman–Crippen LogP) is 6.66. The lowest BCUT2D eigenvalue weighted by molar-refractivity contribution is -0.200. The van der Waals surface area contributed by atoms with Crippen molar-refractivity contribution in [1.82, 2.24) is 9.97 Å². The van der Waals surface area contributed by atoms with Crippen LogP contribution < -0.4 is 0 Å². The number of ketones is 1. The highest BCUT2D eigenvalue weighted by molar-refractivity contribution is 7.98. The number of carbonyl (C=O) groups is 2. The van der Waals surface area contributed by atoms with E-state index in [0.29, 0.717) is 11.1 Å². The molecule has 0 spiro atoms. The number of esters is 1. The Morgan fingerprint density at radius 3 is 2.51 bits per heavy atom. The van der Waals surface area contributed by atoms with Crippen LogP contribution in [0.25, 0.3) is 11.3 Å². The third kappa shape index (κ3) is 7.27. The summed E-state index contributed by atoms with van der Waals surface area (Å²) in [7, 11) is 0. The van der Waals surface area contributed by atoms with E-state index in [1.807, 2.05) is 0 Å². The highest BCUT2D eigenvalue weighted by Gasteiger charge is 2.46. The zero-order valence-electron chi connectivity index (χ0n) is 24.9. The van der Waals surface area contributed by atoms with E-state index >= 15 is 0 Å². The minimum absolute atomic E-state index is 0.0268. The summed E-state index contributed by atoms with van der Waals surface area (Å²) in [6.07, 6.45) is 3.45. The fourth-order valence-corrected chi connectivity index (χ4v) is 5.67. The van der Waals surface area contributed by atoms with Gasteiger partial charge in [0.1, 0.15) is 34.4 Å². The van der Waals surface area contributed by atoms with E-state index in [9.17, 15) is 27.9 Å². The molecule has 0 amide bonds. The molecule has 230 valence electrons. The fraction of sp³-hybridized carbons (Fsp3) is 0.438. The summed E-state index contributed by atoms with van der Waals surface area (Å²) in [5.41, 5.74) is -2.29. The first kappa shape index (κ1) is 32.6. The molecule has 0 saturated carbocycles. The second-order valence-electron chi connectivity index (χ2n) is 11.9. The van der Waals surface area contributed by atoms with Crippen molar-refractivity contribution in [3.05, 3.63) is 77.0 Å². The van der Waals surface area contributed by atoms with Gasteiger partial charge in [0.25, 0.3) is 0 Å². The molecule has 0 bridgehead atoms. The zero-order valence-corrected chi connectivity index (χ0v) is 25.7. The minimum Gasteiger partial charge on any atom is -0.460 e. The third-order valence-corrected chi connectivity index (χ3v) is 8.39. The van der Waals surface area contributed by atoms with Crippen molar-refractivity contribution in [2.75, 3.05) is 6.26 Å². The molecule has 0 unspecified atom stereocenters. The average Bonchev–Trinajstić information content (AvgIpc) is 2.91. The van der Waals surface area contributed by atoms with E-state index < -0.39 is 69.8 Å². The molecule has 1 aromatic carbocycles. The van der Waals surface area contributed by atoms with Crippen LogP contribution in [0.15, 0.2) is 47.6 Å². The summed E-state index contributed by atoms with van der Waals surface area (Å²) in [6, 6.07) is 6.10. The second kappa shape index (κ2) is 12.8. The predicted molar refractivity (Wildman–Crippen MR) is 156 cm³/mol. The average molecular weight is 617 g/mol. The summed E-state index contributed by atoms with van der Waals surface area (Å²) in [6.45, 7) is 8.65. The SMILES string of the molecule is CSc1ccc(F)c(-c2nc(C(=O)Cc3cnccc3[C@H]3C[C@@H](CC(=O)OC(C)(C)C)[C@](C)(O)[C@@H](C)O3)ccc2F)c1F. The second-order valence-corrected chi connectivity index (χ2v) is 12.7. The molecule has 11 heteroatoms. The molecule has 1 saturated heterocycles. The van der Waals surface area contributed by atoms with Crippen molar-refractivity contribution < 1.29 is 37.3 Å². The Labute approximate surface area is 253 Å². The third-order valence-electron chi connectivity index (χ3n) is 7.63. The summed E-state index contributed by atoms with van der Waals surface area (Å²) in [4.78, 5) is 34.4. The summed E-state index contributed by atoms with van der Waals surface area (Å²) < 4.78 is 56.1. The molecule has 3 aromatic rings. The number of aromatic nitrogens is 2. The van der Waals surface area contributed by atoms with Crippen LogP contribution in [0.5, 0.6) is 0 Å². The van der Waals surface area contributed by atoms with Gasteiger partial charge in [-0.2, -0.15) is 0 Å². The van der Waals surface area contributed by atoms with E-state index in [0.717, 1.165) is 23.9 Å². The van der Waals surface area contributed by atoms with E-state index in [1.54, 1.807) is 53.1 Å². The number of ether oxygens (including phenoxy) is 2. The van der Waals surface area contributed by atoms with Gasteiger partial charge in [-0.25, -0.2) is 18.2 Å². The maximum absolute atomic E-state index is 15.0. The highest BCUT2D eigenvalue weighted by atomic mass is 32.2. The Morgan fingerprint density at radius 1 is 1.14 bits per heavy atom. The molecule has 1 aliphatic heterocycles. The maximum atomic E-state index is 15.0. The van der Waals surface area contributed by atoms with Crippen LogP contribution in [0.3, 0.4) is 0 Å². The zero-order chi connectivity index (χ0) is 31.7. The largest absolute Gasteiger partial charge is 0.460 e. The first-order valence-corrected chi connectivity index (χ1v) is 15.1. The summed E-state index contributed by atoms with van der Waals surface area (Å²) in [5, 5.41) is 11.2. The first-order valence-electron chi connectivity index (χ1n) is 13.9. The molecule has 1 fully saturated rings. The van der Waals surface area contributed by atoms with Crippen LogP contribution in [-0.2, 0) is 20.7 Å². The molecule has 3 heterocycles. The van der Waals surface area contributed by atoms with Crippen molar-refractivity contribution in [2.45, 2.75) is 82.2 Å². The fourth-order valence-electron chi connectivity index (χ4n) is 5.19. The van der Waals surface area contributed by atoms with E-state index in [-0.39, 0.29) is 29.9 Å². The van der Waals surface area contributed by atoms with Gasteiger partial charge < -0.3 is 14.6 Å². The van der Waals surface area contributed by atoms with Crippen molar-refractivity contribution >= 4 is 23.5 Å². The number of halogens is 3. The van der Waals surface area contributed by atoms with Crippen LogP contribution in [-0.4, -0.2) is 50.4 Å². The molecule has 1 N–H and O–H groups in total. The van der Waals surface area contributed by atoms with Crippen LogP contribution in [0.1, 0.15) is 75.2 Å². The van der Waals surface area contributed by atoms with Crippen molar-refractivity contribution in [3.8, 4) is 11.3 Å². The number of carbonyl (C=O) groups excluding carboxylic acids is 2. The molecule has 7 nitrogen and oxygen atoms in total.